The van der Waals surface area contributed by atoms with Crippen molar-refractivity contribution in [1.29, 1.82) is 0 Å². The molecule has 1 heterocycles. The first-order valence-corrected chi connectivity index (χ1v) is 11.5. The summed E-state index contributed by atoms with van der Waals surface area (Å²) in [5, 5.41) is 12.7. The number of aliphatic hydroxyl groups is 1. The van der Waals surface area contributed by atoms with E-state index in [9.17, 15) is 14.3 Å². The molecular weight excluding hydrogens is 419 g/mol. The number of aromatic nitrogens is 2. The summed E-state index contributed by atoms with van der Waals surface area (Å²) in [6, 6.07) is 14.5. The van der Waals surface area contributed by atoms with E-state index < -0.39 is 11.7 Å². The molecule has 1 amide bonds. The van der Waals surface area contributed by atoms with Crippen LogP contribution in [0.1, 0.15) is 65.6 Å². The Bertz CT molecular complexity index is 1160. The highest BCUT2D eigenvalue weighted by molar-refractivity contribution is 5.95. The number of hydrogen-bond donors (Lipinski definition) is 3. The van der Waals surface area contributed by atoms with E-state index in [0.717, 1.165) is 37.8 Å². The number of amides is 1. The van der Waals surface area contributed by atoms with Gasteiger partial charge in [0.1, 0.15) is 17.3 Å². The number of nitrogens with two attached hydrogens (primary N) is 1. The van der Waals surface area contributed by atoms with Crippen LogP contribution in [0.4, 0.5) is 10.2 Å². The lowest BCUT2D eigenvalue weighted by Crippen LogP contribution is -2.27. The van der Waals surface area contributed by atoms with Crippen LogP contribution in [-0.4, -0.2) is 33.1 Å². The summed E-state index contributed by atoms with van der Waals surface area (Å²) >= 11 is 0. The topological polar surface area (TPSA) is 101 Å². The fourth-order valence-corrected chi connectivity index (χ4v) is 4.71. The van der Waals surface area contributed by atoms with Gasteiger partial charge in [-0.15, -0.1) is 0 Å². The summed E-state index contributed by atoms with van der Waals surface area (Å²) in [6.07, 6.45) is 5.39. The van der Waals surface area contributed by atoms with Gasteiger partial charge in [-0.1, -0.05) is 36.4 Å². The van der Waals surface area contributed by atoms with Gasteiger partial charge in [-0.2, -0.15) is 0 Å². The number of nitrogens with one attached hydrogen (secondary N) is 1. The fourth-order valence-electron chi connectivity index (χ4n) is 4.71. The molecule has 170 valence electrons. The predicted octanol–water partition coefficient (Wildman–Crippen LogP) is 4.17. The van der Waals surface area contributed by atoms with E-state index in [0.29, 0.717) is 11.3 Å². The Kier molecular flexibility index (Phi) is 5.81. The molecular formula is C26H27FN4O2. The SMILES string of the molecule is Nc1ncc([C@H]2CC[C@H](O)CC2)nc1-c1ccc(C(=O)N[C@H]2C[C@@H]2c2ccccc2)c(F)c1. The molecule has 2 aromatic carbocycles. The second kappa shape index (κ2) is 8.90. The zero-order valence-corrected chi connectivity index (χ0v) is 18.2. The monoisotopic (exact) mass is 446 g/mol. The summed E-state index contributed by atoms with van der Waals surface area (Å²) in [5.41, 5.74) is 8.93. The van der Waals surface area contributed by atoms with Crippen molar-refractivity contribution in [2.24, 2.45) is 0 Å². The van der Waals surface area contributed by atoms with E-state index in [-0.39, 0.29) is 35.4 Å². The first-order chi connectivity index (χ1) is 16.0. The minimum absolute atomic E-state index is 0.00131. The summed E-state index contributed by atoms with van der Waals surface area (Å²) in [7, 11) is 0. The van der Waals surface area contributed by atoms with Gasteiger partial charge < -0.3 is 16.2 Å². The van der Waals surface area contributed by atoms with Gasteiger partial charge in [-0.05, 0) is 49.8 Å². The minimum Gasteiger partial charge on any atom is -0.393 e. The van der Waals surface area contributed by atoms with Crippen LogP contribution in [0.2, 0.25) is 0 Å². The third-order valence-electron chi connectivity index (χ3n) is 6.76. The first kappa shape index (κ1) is 21.5. The fraction of sp³-hybridized carbons (Fsp3) is 0.346. The van der Waals surface area contributed by atoms with E-state index in [4.69, 9.17) is 5.73 Å². The van der Waals surface area contributed by atoms with Crippen molar-refractivity contribution in [2.75, 3.05) is 5.73 Å². The Morgan fingerprint density at radius 3 is 2.58 bits per heavy atom. The number of halogens is 1. The van der Waals surface area contributed by atoms with Crippen LogP contribution in [0, 0.1) is 5.82 Å². The largest absolute Gasteiger partial charge is 0.393 e. The number of hydrogen-bond acceptors (Lipinski definition) is 5. The van der Waals surface area contributed by atoms with Crippen molar-refractivity contribution in [1.82, 2.24) is 15.3 Å². The average Bonchev–Trinajstić information content (AvgIpc) is 3.59. The number of anilines is 1. The van der Waals surface area contributed by atoms with Crippen molar-refractivity contribution in [3.63, 3.8) is 0 Å². The van der Waals surface area contributed by atoms with Gasteiger partial charge in [0.2, 0.25) is 0 Å². The zero-order chi connectivity index (χ0) is 22.9. The molecule has 2 atom stereocenters. The Labute approximate surface area is 192 Å². The second-order valence-corrected chi connectivity index (χ2v) is 9.06. The summed E-state index contributed by atoms with van der Waals surface area (Å²) in [5.74, 6) is -0.345. The number of benzene rings is 2. The second-order valence-electron chi connectivity index (χ2n) is 9.06. The van der Waals surface area contributed by atoms with Crippen LogP contribution in [0.15, 0.2) is 54.7 Å². The van der Waals surface area contributed by atoms with E-state index in [2.05, 4.69) is 15.3 Å². The molecule has 2 aliphatic carbocycles. The molecule has 0 saturated heterocycles. The summed E-state index contributed by atoms with van der Waals surface area (Å²) in [4.78, 5) is 21.6. The van der Waals surface area contributed by atoms with Crippen molar-refractivity contribution < 1.29 is 14.3 Å². The molecule has 5 rings (SSSR count). The molecule has 1 aromatic heterocycles. The lowest BCUT2D eigenvalue weighted by molar-refractivity contribution is 0.0946. The normalized spacial score (nSPS) is 24.3. The molecule has 0 bridgehead atoms. The quantitative estimate of drug-likeness (QED) is 0.546. The number of rotatable bonds is 5. The number of carbonyl (C=O) groups is 1. The Hall–Kier alpha value is -3.32. The Morgan fingerprint density at radius 1 is 1.09 bits per heavy atom. The van der Waals surface area contributed by atoms with Gasteiger partial charge in [0.25, 0.3) is 5.91 Å². The van der Waals surface area contributed by atoms with Crippen molar-refractivity contribution in [3.05, 3.63) is 77.4 Å². The number of nitrogens with zero attached hydrogens (tertiary/aromatic N) is 2. The standard InChI is InChI=1S/C26H27FN4O2/c27-21-12-17(24-25(28)29-14-23(30-24)16-6-9-18(32)10-7-16)8-11-19(21)26(33)31-22-13-20(22)15-4-2-1-3-5-15/h1-5,8,11-12,14,16,18,20,22,32H,6-7,9-10,13H2,(H2,28,29)(H,31,33)/t16-,18-,20-,22+/m1/s1. The molecule has 7 heteroatoms. The molecule has 2 aliphatic rings. The molecule has 6 nitrogen and oxygen atoms in total. The van der Waals surface area contributed by atoms with Crippen molar-refractivity contribution >= 4 is 11.7 Å². The van der Waals surface area contributed by atoms with Gasteiger partial charge in [0, 0.05) is 23.4 Å². The van der Waals surface area contributed by atoms with Gasteiger partial charge >= 0.3 is 0 Å². The maximum absolute atomic E-state index is 14.9. The highest BCUT2D eigenvalue weighted by Crippen LogP contribution is 2.41. The third kappa shape index (κ3) is 4.59. The van der Waals surface area contributed by atoms with E-state index in [1.807, 2.05) is 30.3 Å². The summed E-state index contributed by atoms with van der Waals surface area (Å²) in [6.45, 7) is 0. The lowest BCUT2D eigenvalue weighted by Gasteiger charge is -2.25. The van der Waals surface area contributed by atoms with Crippen LogP contribution in [0.3, 0.4) is 0 Å². The van der Waals surface area contributed by atoms with Crippen LogP contribution < -0.4 is 11.1 Å². The molecule has 0 unspecified atom stereocenters. The molecule has 4 N–H and O–H groups in total. The Balaban J connectivity index is 1.31. The van der Waals surface area contributed by atoms with E-state index in [1.54, 1.807) is 12.3 Å². The molecule has 0 radical (unpaired) electrons. The van der Waals surface area contributed by atoms with Crippen LogP contribution in [0.5, 0.6) is 0 Å². The smallest absolute Gasteiger partial charge is 0.254 e. The highest BCUT2D eigenvalue weighted by Gasteiger charge is 2.39. The highest BCUT2D eigenvalue weighted by atomic mass is 19.1. The van der Waals surface area contributed by atoms with E-state index in [1.165, 1.54) is 17.7 Å². The molecule has 3 aromatic rings. The first-order valence-electron chi connectivity index (χ1n) is 11.5. The average molecular weight is 447 g/mol. The maximum atomic E-state index is 14.9. The predicted molar refractivity (Wildman–Crippen MR) is 124 cm³/mol. The molecule has 33 heavy (non-hydrogen) atoms. The molecule has 2 saturated carbocycles. The van der Waals surface area contributed by atoms with Gasteiger partial charge in [0.05, 0.1) is 23.6 Å². The molecule has 0 spiro atoms. The number of nitrogen functional groups attached to an aromatic ring is 1. The third-order valence-corrected chi connectivity index (χ3v) is 6.76. The maximum Gasteiger partial charge on any atom is 0.254 e. The lowest BCUT2D eigenvalue weighted by atomic mass is 9.85. The van der Waals surface area contributed by atoms with Crippen molar-refractivity contribution in [2.45, 2.75) is 56.1 Å². The van der Waals surface area contributed by atoms with Gasteiger partial charge in [-0.25, -0.2) is 14.4 Å². The van der Waals surface area contributed by atoms with Gasteiger partial charge in [0.15, 0.2) is 0 Å². The minimum atomic E-state index is -0.616. The molecule has 0 aliphatic heterocycles. The number of carbonyl (C=O) groups excluding carboxylic acids is 1. The molecule has 2 fully saturated rings. The number of aliphatic hydroxyl groups excluding tert-OH is 1. The van der Waals surface area contributed by atoms with Crippen molar-refractivity contribution in [3.8, 4) is 11.3 Å². The van der Waals surface area contributed by atoms with Crippen LogP contribution >= 0.6 is 0 Å². The van der Waals surface area contributed by atoms with Gasteiger partial charge in [-0.3, -0.25) is 4.79 Å². The summed E-state index contributed by atoms with van der Waals surface area (Å²) < 4.78 is 14.9. The zero-order valence-electron chi connectivity index (χ0n) is 18.2. The van der Waals surface area contributed by atoms with Crippen LogP contribution in [0.25, 0.3) is 11.3 Å². The van der Waals surface area contributed by atoms with Crippen LogP contribution in [-0.2, 0) is 0 Å². The van der Waals surface area contributed by atoms with E-state index >= 15 is 0 Å². The Morgan fingerprint density at radius 2 is 1.85 bits per heavy atom.